The molecule has 1 aliphatic carbocycles. The topological polar surface area (TPSA) is 69.0 Å². The number of carbonyl (C=O) groups excluding carboxylic acids is 1. The summed E-state index contributed by atoms with van der Waals surface area (Å²) in [6, 6.07) is 27.7. The van der Waals surface area contributed by atoms with Crippen LogP contribution in [0, 0.1) is 0 Å². The second-order valence-corrected chi connectivity index (χ2v) is 9.92. The number of hydrogen-bond donors (Lipinski definition) is 1. The van der Waals surface area contributed by atoms with Gasteiger partial charge in [0.1, 0.15) is 18.2 Å². The van der Waals surface area contributed by atoms with Crippen LogP contribution in [-0.2, 0) is 11.4 Å². The van der Waals surface area contributed by atoms with Gasteiger partial charge in [0, 0.05) is 17.3 Å². The molecular weight excluding hydrogens is 468 g/mol. The zero-order chi connectivity index (χ0) is 24.6. The summed E-state index contributed by atoms with van der Waals surface area (Å²) in [6.45, 7) is 0.508. The molecule has 0 bridgehead atoms. The van der Waals surface area contributed by atoms with Crippen LogP contribution >= 0.6 is 11.8 Å². The van der Waals surface area contributed by atoms with Gasteiger partial charge in [0.2, 0.25) is 5.91 Å². The number of aromatic nitrogens is 3. The molecule has 184 valence electrons. The van der Waals surface area contributed by atoms with E-state index in [1.807, 2.05) is 72.8 Å². The van der Waals surface area contributed by atoms with Crippen molar-refractivity contribution >= 4 is 23.4 Å². The summed E-state index contributed by atoms with van der Waals surface area (Å²) >= 11 is 1.42. The number of thioether (sulfide) groups is 1. The molecule has 4 aromatic rings. The summed E-state index contributed by atoms with van der Waals surface area (Å²) in [6.07, 6.45) is 6.03. The average Bonchev–Trinajstić information content (AvgIpc) is 3.37. The molecule has 1 N–H and O–H groups in total. The standard InChI is InChI=1S/C29H30N4O2S/c34-27(30-24-16-18-26(19-17-24)35-20-22-10-4-1-5-11-22)21-36-29-32-31-28(23-12-6-2-7-13-23)33(29)25-14-8-3-9-15-25/h1,3-5,8-11,14-19,23H,2,6-7,12-13,20-21H2,(H,30,34). The highest BCUT2D eigenvalue weighted by Gasteiger charge is 2.24. The second-order valence-electron chi connectivity index (χ2n) is 8.98. The van der Waals surface area contributed by atoms with Gasteiger partial charge in [0.15, 0.2) is 5.16 Å². The lowest BCUT2D eigenvalue weighted by Gasteiger charge is -2.22. The van der Waals surface area contributed by atoms with Crippen LogP contribution in [0.1, 0.15) is 49.4 Å². The zero-order valence-electron chi connectivity index (χ0n) is 20.2. The number of anilines is 1. The van der Waals surface area contributed by atoms with Gasteiger partial charge in [0.25, 0.3) is 0 Å². The van der Waals surface area contributed by atoms with E-state index in [-0.39, 0.29) is 11.7 Å². The van der Waals surface area contributed by atoms with Crippen molar-refractivity contribution < 1.29 is 9.53 Å². The van der Waals surface area contributed by atoms with Crippen LogP contribution in [0.15, 0.2) is 90.1 Å². The minimum absolute atomic E-state index is 0.0835. The van der Waals surface area contributed by atoms with Gasteiger partial charge in [-0.2, -0.15) is 0 Å². The van der Waals surface area contributed by atoms with Crippen molar-refractivity contribution in [2.45, 2.75) is 49.8 Å². The van der Waals surface area contributed by atoms with E-state index < -0.39 is 0 Å². The van der Waals surface area contributed by atoms with Gasteiger partial charge >= 0.3 is 0 Å². The average molecular weight is 499 g/mol. The largest absolute Gasteiger partial charge is 0.489 e. The molecule has 5 rings (SSSR count). The third kappa shape index (κ3) is 6.15. The van der Waals surface area contributed by atoms with Gasteiger partial charge in [-0.25, -0.2) is 0 Å². The third-order valence-corrected chi connectivity index (χ3v) is 7.29. The summed E-state index contributed by atoms with van der Waals surface area (Å²) in [5.41, 5.74) is 2.89. The third-order valence-electron chi connectivity index (χ3n) is 6.36. The zero-order valence-corrected chi connectivity index (χ0v) is 21.0. The second kappa shape index (κ2) is 11.9. The first kappa shape index (κ1) is 24.1. The summed E-state index contributed by atoms with van der Waals surface area (Å²) < 4.78 is 7.96. The molecule has 3 aromatic carbocycles. The van der Waals surface area contributed by atoms with E-state index in [0.29, 0.717) is 12.5 Å². The number of rotatable bonds is 9. The summed E-state index contributed by atoms with van der Waals surface area (Å²) in [7, 11) is 0. The Labute approximate surface area is 216 Å². The predicted octanol–water partition coefficient (Wildman–Crippen LogP) is 6.62. The maximum atomic E-state index is 12.7. The Kier molecular flexibility index (Phi) is 7.98. The van der Waals surface area contributed by atoms with Gasteiger partial charge in [-0.1, -0.05) is 79.6 Å². The lowest BCUT2D eigenvalue weighted by molar-refractivity contribution is -0.113. The molecular formula is C29H30N4O2S. The molecule has 1 heterocycles. The number of nitrogens with one attached hydrogen (secondary N) is 1. The first-order valence-corrected chi connectivity index (χ1v) is 13.4. The lowest BCUT2D eigenvalue weighted by Crippen LogP contribution is -2.15. The minimum atomic E-state index is -0.0835. The van der Waals surface area contributed by atoms with E-state index in [1.165, 1.54) is 31.0 Å². The van der Waals surface area contributed by atoms with Gasteiger partial charge in [-0.3, -0.25) is 9.36 Å². The Morgan fingerprint density at radius 3 is 2.31 bits per heavy atom. The lowest BCUT2D eigenvalue weighted by atomic mass is 9.88. The summed E-state index contributed by atoms with van der Waals surface area (Å²) in [5, 5.41) is 12.8. The first-order valence-electron chi connectivity index (χ1n) is 12.5. The Balaban J connectivity index is 1.20. The van der Waals surface area contributed by atoms with Crippen molar-refractivity contribution in [2.75, 3.05) is 11.1 Å². The quantitative estimate of drug-likeness (QED) is 0.263. The molecule has 1 aromatic heterocycles. The van der Waals surface area contributed by atoms with Crippen molar-refractivity contribution in [2.24, 2.45) is 0 Å². The first-order chi connectivity index (χ1) is 17.8. The fourth-order valence-corrected chi connectivity index (χ4v) is 5.28. The van der Waals surface area contributed by atoms with Crippen LogP contribution in [0.4, 0.5) is 5.69 Å². The fourth-order valence-electron chi connectivity index (χ4n) is 4.52. The van der Waals surface area contributed by atoms with E-state index in [0.717, 1.165) is 46.5 Å². The van der Waals surface area contributed by atoms with Crippen molar-refractivity contribution in [3.05, 3.63) is 96.3 Å². The number of hydrogen-bond acceptors (Lipinski definition) is 5. The van der Waals surface area contributed by atoms with Crippen LogP contribution in [0.2, 0.25) is 0 Å². The maximum absolute atomic E-state index is 12.7. The monoisotopic (exact) mass is 498 g/mol. The molecule has 1 aliphatic rings. The highest BCUT2D eigenvalue weighted by Crippen LogP contribution is 2.34. The molecule has 1 amide bonds. The SMILES string of the molecule is O=C(CSc1nnc(C2CCCCC2)n1-c1ccccc1)Nc1ccc(OCc2ccccc2)cc1. The van der Waals surface area contributed by atoms with Crippen molar-refractivity contribution in [3.8, 4) is 11.4 Å². The van der Waals surface area contributed by atoms with Gasteiger partial charge in [0.05, 0.1) is 5.75 Å². The molecule has 0 atom stereocenters. The Bertz CT molecular complexity index is 1250. The van der Waals surface area contributed by atoms with E-state index in [9.17, 15) is 4.79 Å². The van der Waals surface area contributed by atoms with E-state index in [2.05, 4.69) is 32.2 Å². The normalized spacial score (nSPS) is 13.9. The fraction of sp³-hybridized carbons (Fsp3) is 0.276. The molecule has 7 heteroatoms. The van der Waals surface area contributed by atoms with E-state index in [4.69, 9.17) is 4.74 Å². The predicted molar refractivity (Wildman–Crippen MR) is 144 cm³/mol. The molecule has 36 heavy (non-hydrogen) atoms. The van der Waals surface area contributed by atoms with Crippen LogP contribution < -0.4 is 10.1 Å². The summed E-state index contributed by atoms with van der Waals surface area (Å²) in [5.74, 6) is 2.35. The smallest absolute Gasteiger partial charge is 0.234 e. The highest BCUT2D eigenvalue weighted by atomic mass is 32.2. The maximum Gasteiger partial charge on any atom is 0.234 e. The van der Waals surface area contributed by atoms with Crippen LogP contribution in [0.5, 0.6) is 5.75 Å². The van der Waals surface area contributed by atoms with E-state index in [1.54, 1.807) is 0 Å². The molecule has 0 radical (unpaired) electrons. The number of nitrogens with zero attached hydrogens (tertiary/aromatic N) is 3. The number of amides is 1. The van der Waals surface area contributed by atoms with Crippen LogP contribution in [0.3, 0.4) is 0 Å². The van der Waals surface area contributed by atoms with E-state index >= 15 is 0 Å². The highest BCUT2D eigenvalue weighted by molar-refractivity contribution is 7.99. The molecule has 0 spiro atoms. The number of ether oxygens (including phenoxy) is 1. The summed E-state index contributed by atoms with van der Waals surface area (Å²) in [4.78, 5) is 12.7. The van der Waals surface area contributed by atoms with Crippen molar-refractivity contribution in [1.82, 2.24) is 14.8 Å². The van der Waals surface area contributed by atoms with Crippen LogP contribution in [-0.4, -0.2) is 26.4 Å². The Morgan fingerprint density at radius 1 is 0.889 bits per heavy atom. The molecule has 1 saturated carbocycles. The molecule has 0 unspecified atom stereocenters. The molecule has 6 nitrogen and oxygen atoms in total. The molecule has 1 fully saturated rings. The molecule has 0 saturated heterocycles. The van der Waals surface area contributed by atoms with Crippen molar-refractivity contribution in [1.29, 1.82) is 0 Å². The van der Waals surface area contributed by atoms with Crippen LogP contribution in [0.25, 0.3) is 5.69 Å². The van der Waals surface area contributed by atoms with Gasteiger partial charge < -0.3 is 10.1 Å². The molecule has 0 aliphatic heterocycles. The Morgan fingerprint density at radius 2 is 1.58 bits per heavy atom. The van der Waals surface area contributed by atoms with Gasteiger partial charge in [-0.15, -0.1) is 10.2 Å². The van der Waals surface area contributed by atoms with Crippen molar-refractivity contribution in [3.63, 3.8) is 0 Å². The number of carbonyl (C=O) groups is 1. The number of para-hydroxylation sites is 1. The Hall–Kier alpha value is -3.58. The van der Waals surface area contributed by atoms with Gasteiger partial charge in [-0.05, 0) is 54.8 Å². The number of benzene rings is 3. The minimum Gasteiger partial charge on any atom is -0.489 e.